The number of fused-ring (bicyclic) bond motifs is 1. The largest absolute Gasteiger partial charge is 0.388 e. The minimum absolute atomic E-state index is 0.0816. The van der Waals surface area contributed by atoms with E-state index in [0.29, 0.717) is 65.7 Å². The summed E-state index contributed by atoms with van der Waals surface area (Å²) in [6, 6.07) is 18.6. The maximum atomic E-state index is 13.2. The Kier molecular flexibility index (Phi) is 13.0. The number of likely N-dealkylation sites (tertiary alicyclic amines) is 1. The second-order valence-electron chi connectivity index (χ2n) is 10.9. The predicted molar refractivity (Wildman–Crippen MR) is 172 cm³/mol. The van der Waals surface area contributed by atoms with Crippen LogP contribution in [0.1, 0.15) is 24.8 Å². The van der Waals surface area contributed by atoms with Crippen molar-refractivity contribution in [1.29, 1.82) is 0 Å². The molecule has 14 heteroatoms. The molecule has 6 rings (SSSR count). The Bertz CT molecular complexity index is 1610. The molecule has 0 spiro atoms. The zero-order valence-electron chi connectivity index (χ0n) is 25.1. The Morgan fingerprint density at radius 2 is 1.70 bits per heavy atom. The Labute approximate surface area is 274 Å². The van der Waals surface area contributed by atoms with Gasteiger partial charge in [0.2, 0.25) is 5.91 Å². The summed E-state index contributed by atoms with van der Waals surface area (Å²) >= 11 is 12.6. The Morgan fingerprint density at radius 1 is 1.02 bits per heavy atom. The summed E-state index contributed by atoms with van der Waals surface area (Å²) in [4.78, 5) is 32.2. The minimum Gasteiger partial charge on any atom is -0.388 e. The maximum Gasteiger partial charge on any atom is 0.379 e. The standard InChI is InChI=1S/C27H26Cl2N4O3.C4H9NO.CHF3/c28-20-7-4-8-21(15-20)33-23(29)16-22-25(33)30-18-32(26(22)35)17-27(36)11-13-31(14-12-27)24(34)10-9-19-5-2-1-3-6-19;1-3-6-4-2-5-1;2-1(3)4/h1-8,15-16,18,36H,9-14,17H2;5H,1-4H2;1H. The van der Waals surface area contributed by atoms with Crippen molar-refractivity contribution in [1.82, 2.24) is 24.3 Å². The molecule has 0 saturated carbocycles. The molecule has 2 fully saturated rings. The smallest absolute Gasteiger partial charge is 0.379 e. The van der Waals surface area contributed by atoms with Crippen LogP contribution in [0.25, 0.3) is 16.7 Å². The number of hydrogen-bond acceptors (Lipinski definition) is 6. The molecule has 2 saturated heterocycles. The second kappa shape index (κ2) is 16.9. The maximum absolute atomic E-state index is 13.2. The number of ether oxygens (including phenoxy) is 1. The number of nitrogens with zero attached hydrogens (tertiary/aromatic N) is 4. The van der Waals surface area contributed by atoms with Gasteiger partial charge in [-0.1, -0.05) is 59.6 Å². The first-order valence-corrected chi connectivity index (χ1v) is 15.6. The summed E-state index contributed by atoms with van der Waals surface area (Å²) in [7, 11) is 0. The van der Waals surface area contributed by atoms with Crippen molar-refractivity contribution < 1.29 is 27.8 Å². The molecule has 248 valence electrons. The monoisotopic (exact) mass is 681 g/mol. The number of alkyl halides is 3. The van der Waals surface area contributed by atoms with E-state index in [0.717, 1.165) is 31.9 Å². The minimum atomic E-state index is -3.67. The molecule has 2 aliphatic rings. The number of morpholine rings is 1. The van der Waals surface area contributed by atoms with Gasteiger partial charge in [0.25, 0.3) is 5.56 Å². The van der Waals surface area contributed by atoms with Gasteiger partial charge in [-0.05, 0) is 49.1 Å². The van der Waals surface area contributed by atoms with Crippen LogP contribution >= 0.6 is 23.2 Å². The van der Waals surface area contributed by atoms with Gasteiger partial charge < -0.3 is 20.1 Å². The molecule has 2 aliphatic heterocycles. The number of rotatable bonds is 6. The van der Waals surface area contributed by atoms with Gasteiger partial charge in [0.1, 0.15) is 11.5 Å². The number of aromatic nitrogens is 3. The molecule has 4 heterocycles. The Balaban J connectivity index is 0.000000414. The average molecular weight is 683 g/mol. The highest BCUT2D eigenvalue weighted by Crippen LogP contribution is 2.28. The number of carbonyl (C=O) groups is 1. The summed E-state index contributed by atoms with van der Waals surface area (Å²) in [5.74, 6) is 0.0816. The number of hydrogen-bond donors (Lipinski definition) is 2. The quantitative estimate of drug-likeness (QED) is 0.288. The summed E-state index contributed by atoms with van der Waals surface area (Å²) in [5.41, 5.74) is 0.877. The van der Waals surface area contributed by atoms with Crippen LogP contribution in [0, 0.1) is 0 Å². The number of piperidine rings is 1. The molecule has 4 aromatic rings. The van der Waals surface area contributed by atoms with E-state index < -0.39 is 12.3 Å². The van der Waals surface area contributed by atoms with Crippen molar-refractivity contribution in [3.8, 4) is 5.69 Å². The fourth-order valence-electron chi connectivity index (χ4n) is 5.28. The third-order valence-corrected chi connectivity index (χ3v) is 8.15. The van der Waals surface area contributed by atoms with Gasteiger partial charge in [-0.2, -0.15) is 13.2 Å². The van der Waals surface area contributed by atoms with E-state index >= 15 is 0 Å². The summed E-state index contributed by atoms with van der Waals surface area (Å²) < 4.78 is 37.1. The van der Waals surface area contributed by atoms with Gasteiger partial charge >= 0.3 is 6.68 Å². The van der Waals surface area contributed by atoms with E-state index in [-0.39, 0.29) is 18.0 Å². The van der Waals surface area contributed by atoms with Gasteiger partial charge in [0, 0.05) is 43.3 Å². The topological polar surface area (TPSA) is 102 Å². The lowest BCUT2D eigenvalue weighted by atomic mass is 9.91. The molecule has 0 aliphatic carbocycles. The Morgan fingerprint density at radius 3 is 2.28 bits per heavy atom. The highest BCUT2D eigenvalue weighted by molar-refractivity contribution is 6.31. The molecule has 46 heavy (non-hydrogen) atoms. The lowest BCUT2D eigenvalue weighted by molar-refractivity contribution is -0.135. The van der Waals surface area contributed by atoms with E-state index in [2.05, 4.69) is 10.3 Å². The normalized spacial score (nSPS) is 15.9. The van der Waals surface area contributed by atoms with Gasteiger partial charge in [0.05, 0.1) is 30.7 Å². The van der Waals surface area contributed by atoms with Crippen molar-refractivity contribution in [2.24, 2.45) is 0 Å². The first-order chi connectivity index (χ1) is 22.1. The molecule has 1 amide bonds. The number of amides is 1. The van der Waals surface area contributed by atoms with Crippen molar-refractivity contribution >= 4 is 40.1 Å². The number of nitrogens with one attached hydrogen (secondary N) is 1. The number of aliphatic hydroxyl groups is 1. The molecule has 0 radical (unpaired) electrons. The summed E-state index contributed by atoms with van der Waals surface area (Å²) in [6.07, 6.45) is 3.35. The number of aryl methyl sites for hydroxylation is 1. The van der Waals surface area contributed by atoms with Crippen LogP contribution in [-0.2, 0) is 22.5 Å². The van der Waals surface area contributed by atoms with E-state index in [1.54, 1.807) is 33.7 Å². The van der Waals surface area contributed by atoms with Gasteiger partial charge in [-0.25, -0.2) is 4.98 Å². The SMILES string of the molecule is C1COCCN1.FC(F)F.O=C(CCc1ccccc1)N1CCC(O)(Cn2cnc3c(cc(Cl)n3-c3cccc(Cl)c3)c2=O)CC1. The van der Waals surface area contributed by atoms with E-state index in [1.165, 1.54) is 10.9 Å². The van der Waals surface area contributed by atoms with Crippen LogP contribution in [0.3, 0.4) is 0 Å². The van der Waals surface area contributed by atoms with Crippen LogP contribution in [0.5, 0.6) is 0 Å². The predicted octanol–water partition coefficient (Wildman–Crippen LogP) is 5.27. The van der Waals surface area contributed by atoms with Crippen molar-refractivity contribution in [3.05, 3.63) is 93.1 Å². The third kappa shape index (κ3) is 10.0. The third-order valence-electron chi connectivity index (χ3n) is 7.64. The highest BCUT2D eigenvalue weighted by atomic mass is 35.5. The number of carbonyl (C=O) groups excluding carboxylic acids is 1. The van der Waals surface area contributed by atoms with Gasteiger partial charge in [-0.3, -0.25) is 18.7 Å². The summed E-state index contributed by atoms with van der Waals surface area (Å²) in [6.45, 7) is 1.16. The second-order valence-corrected chi connectivity index (χ2v) is 11.7. The van der Waals surface area contributed by atoms with Gasteiger partial charge in [-0.15, -0.1) is 0 Å². The van der Waals surface area contributed by atoms with Gasteiger partial charge in [0.15, 0.2) is 5.65 Å². The highest BCUT2D eigenvalue weighted by Gasteiger charge is 2.34. The number of halogens is 5. The fraction of sp³-hybridized carbons (Fsp3) is 0.406. The van der Waals surface area contributed by atoms with Crippen LogP contribution in [0.2, 0.25) is 10.2 Å². The van der Waals surface area contributed by atoms with Crippen LogP contribution in [0.15, 0.2) is 71.8 Å². The summed E-state index contributed by atoms with van der Waals surface area (Å²) in [5, 5.41) is 15.6. The van der Waals surface area contributed by atoms with Crippen LogP contribution in [-0.4, -0.2) is 81.7 Å². The van der Waals surface area contributed by atoms with Crippen molar-refractivity contribution in [2.75, 3.05) is 39.4 Å². The zero-order valence-corrected chi connectivity index (χ0v) is 26.6. The molecule has 0 unspecified atom stereocenters. The van der Waals surface area contributed by atoms with E-state index in [9.17, 15) is 27.9 Å². The van der Waals surface area contributed by atoms with E-state index in [4.69, 9.17) is 27.9 Å². The zero-order chi connectivity index (χ0) is 33.1. The van der Waals surface area contributed by atoms with Crippen molar-refractivity contribution in [3.63, 3.8) is 0 Å². The number of benzene rings is 2. The lowest BCUT2D eigenvalue weighted by Crippen LogP contribution is -2.49. The van der Waals surface area contributed by atoms with Crippen LogP contribution in [0.4, 0.5) is 13.2 Å². The average Bonchev–Trinajstić information content (AvgIpc) is 3.39. The molecule has 2 aromatic heterocycles. The molecular weight excluding hydrogens is 646 g/mol. The molecule has 2 N–H and O–H groups in total. The first-order valence-electron chi connectivity index (χ1n) is 14.8. The Hall–Kier alpha value is -3.42. The van der Waals surface area contributed by atoms with E-state index in [1.807, 2.05) is 36.4 Å². The van der Waals surface area contributed by atoms with Crippen molar-refractivity contribution in [2.45, 2.75) is 44.5 Å². The molecule has 9 nitrogen and oxygen atoms in total. The molecular formula is C32H36Cl2F3N5O4. The van der Waals surface area contributed by atoms with Crippen LogP contribution < -0.4 is 10.9 Å². The molecule has 2 aromatic carbocycles. The lowest BCUT2D eigenvalue weighted by Gasteiger charge is -2.38. The molecule has 0 atom stereocenters. The fourth-order valence-corrected chi connectivity index (χ4v) is 5.75. The molecule has 0 bridgehead atoms. The first kappa shape index (κ1) is 35.4.